The van der Waals surface area contributed by atoms with Crippen LogP contribution in [-0.2, 0) is 10.0 Å². The fourth-order valence-electron chi connectivity index (χ4n) is 1.93. The molecule has 3 nitrogen and oxygen atoms in total. The third-order valence-electron chi connectivity index (χ3n) is 3.05. The van der Waals surface area contributed by atoms with Gasteiger partial charge in [-0.15, -0.1) is 0 Å². The first-order chi connectivity index (χ1) is 10.0. The van der Waals surface area contributed by atoms with Crippen molar-refractivity contribution in [1.29, 1.82) is 0 Å². The smallest absolute Gasteiger partial charge is 0.200 e. The summed E-state index contributed by atoms with van der Waals surface area (Å²) in [6, 6.07) is 15.8. The zero-order valence-electron chi connectivity index (χ0n) is 11.7. The number of hydrogen-bond acceptors (Lipinski definition) is 2. The van der Waals surface area contributed by atoms with E-state index in [4.69, 9.17) is 6.42 Å². The molecule has 21 heavy (non-hydrogen) atoms. The Hall–Kier alpha value is -2.51. The summed E-state index contributed by atoms with van der Waals surface area (Å²) in [5.41, 5.74) is 2.05. The largest absolute Gasteiger partial charge is 0.275 e. The first-order valence-corrected chi connectivity index (χ1v) is 7.74. The molecule has 2 aromatic rings. The molecule has 0 aliphatic heterocycles. The number of rotatable bonds is 4. The van der Waals surface area contributed by atoms with Crippen LogP contribution in [0.4, 0.5) is 5.69 Å². The van der Waals surface area contributed by atoms with E-state index >= 15 is 0 Å². The van der Waals surface area contributed by atoms with Gasteiger partial charge in [0.2, 0.25) is 0 Å². The van der Waals surface area contributed by atoms with Gasteiger partial charge in [0.05, 0.1) is 10.6 Å². The van der Waals surface area contributed by atoms with Crippen LogP contribution in [0.2, 0.25) is 0 Å². The predicted octanol–water partition coefficient (Wildman–Crippen LogP) is 3.42. The molecule has 106 valence electrons. The number of terminal acetylenes is 1. The van der Waals surface area contributed by atoms with E-state index in [0.717, 1.165) is 9.87 Å². The lowest BCUT2D eigenvalue weighted by atomic mass is 10.2. The fraction of sp³-hybridized carbons (Fsp3) is 0.0588. The molecular formula is C17H15NO2S. The number of hydrogen-bond donors (Lipinski definition) is 0. The molecule has 0 radical (unpaired) electrons. The lowest BCUT2D eigenvalue weighted by Gasteiger charge is -2.19. The van der Waals surface area contributed by atoms with Gasteiger partial charge < -0.3 is 0 Å². The van der Waals surface area contributed by atoms with Gasteiger partial charge in [-0.2, -0.15) is 4.31 Å². The Labute approximate surface area is 125 Å². The van der Waals surface area contributed by atoms with Crippen molar-refractivity contribution in [3.63, 3.8) is 0 Å². The Morgan fingerprint density at radius 2 is 1.76 bits per heavy atom. The van der Waals surface area contributed by atoms with Gasteiger partial charge in [0, 0.05) is 6.04 Å². The van der Waals surface area contributed by atoms with Crippen LogP contribution in [-0.4, -0.2) is 8.42 Å². The second-order valence-electron chi connectivity index (χ2n) is 4.47. The number of anilines is 1. The molecule has 0 N–H and O–H groups in total. The van der Waals surface area contributed by atoms with Crippen molar-refractivity contribution < 1.29 is 8.42 Å². The van der Waals surface area contributed by atoms with Crippen LogP contribution in [0, 0.1) is 19.4 Å². The fourth-order valence-corrected chi connectivity index (χ4v) is 3.18. The summed E-state index contributed by atoms with van der Waals surface area (Å²) in [4.78, 5) is 0.157. The van der Waals surface area contributed by atoms with Gasteiger partial charge in [-0.25, -0.2) is 8.42 Å². The average Bonchev–Trinajstić information content (AvgIpc) is 2.48. The molecule has 0 amide bonds. The Morgan fingerprint density at radius 1 is 1.14 bits per heavy atom. The second kappa shape index (κ2) is 5.86. The zero-order valence-corrected chi connectivity index (χ0v) is 12.5. The molecule has 0 fully saturated rings. The van der Waals surface area contributed by atoms with Crippen LogP contribution in [0.1, 0.15) is 11.1 Å². The van der Waals surface area contributed by atoms with E-state index in [9.17, 15) is 8.42 Å². The van der Waals surface area contributed by atoms with Crippen molar-refractivity contribution in [2.75, 3.05) is 4.31 Å². The quantitative estimate of drug-likeness (QED) is 0.640. The van der Waals surface area contributed by atoms with E-state index in [1.165, 1.54) is 0 Å². The van der Waals surface area contributed by atoms with Crippen molar-refractivity contribution >= 4 is 21.8 Å². The number of sulfonamides is 1. The van der Waals surface area contributed by atoms with Crippen molar-refractivity contribution in [2.24, 2.45) is 0 Å². The van der Waals surface area contributed by atoms with Crippen LogP contribution >= 0.6 is 0 Å². The van der Waals surface area contributed by atoms with Gasteiger partial charge in [-0.05, 0) is 30.7 Å². The third-order valence-corrected chi connectivity index (χ3v) is 4.70. The highest BCUT2D eigenvalue weighted by Gasteiger charge is 2.24. The van der Waals surface area contributed by atoms with Crippen molar-refractivity contribution in [1.82, 2.24) is 0 Å². The minimum Gasteiger partial charge on any atom is -0.200 e. The SMILES string of the molecule is C#CN(c1ccccc1C=C)S(=O)(=O)c1ccc(C)cc1. The summed E-state index contributed by atoms with van der Waals surface area (Å²) in [5.74, 6) is 0. The number of nitrogens with zero attached hydrogens (tertiary/aromatic N) is 1. The summed E-state index contributed by atoms with van der Waals surface area (Å²) in [6.07, 6.45) is 7.02. The number of aryl methyl sites for hydroxylation is 1. The van der Waals surface area contributed by atoms with Crippen LogP contribution < -0.4 is 4.31 Å². The van der Waals surface area contributed by atoms with Gasteiger partial charge in [-0.3, -0.25) is 0 Å². The maximum Gasteiger partial charge on any atom is 0.275 e. The van der Waals surface area contributed by atoms with E-state index in [0.29, 0.717) is 11.3 Å². The minimum absolute atomic E-state index is 0.157. The lowest BCUT2D eigenvalue weighted by molar-refractivity contribution is 0.596. The van der Waals surface area contributed by atoms with Gasteiger partial charge in [-0.1, -0.05) is 55.0 Å². The Bertz CT molecular complexity index is 799. The molecule has 0 saturated heterocycles. The molecule has 0 aliphatic rings. The normalized spacial score (nSPS) is 10.7. The Morgan fingerprint density at radius 3 is 2.33 bits per heavy atom. The molecule has 2 aromatic carbocycles. The number of benzene rings is 2. The monoisotopic (exact) mass is 297 g/mol. The van der Waals surface area contributed by atoms with Gasteiger partial charge in [0.15, 0.2) is 0 Å². The molecule has 0 saturated carbocycles. The van der Waals surface area contributed by atoms with E-state index < -0.39 is 10.0 Å². The molecule has 0 aromatic heterocycles. The molecule has 0 spiro atoms. The van der Waals surface area contributed by atoms with Crippen LogP contribution in [0.3, 0.4) is 0 Å². The second-order valence-corrected chi connectivity index (χ2v) is 6.26. The molecule has 0 unspecified atom stereocenters. The van der Waals surface area contributed by atoms with Crippen molar-refractivity contribution in [2.45, 2.75) is 11.8 Å². The van der Waals surface area contributed by atoms with Crippen LogP contribution in [0.25, 0.3) is 6.08 Å². The predicted molar refractivity (Wildman–Crippen MR) is 86.2 cm³/mol. The molecule has 0 bridgehead atoms. The van der Waals surface area contributed by atoms with Gasteiger partial charge >= 0.3 is 0 Å². The Kier molecular flexibility index (Phi) is 4.15. The number of para-hydroxylation sites is 1. The highest BCUT2D eigenvalue weighted by Crippen LogP contribution is 2.27. The van der Waals surface area contributed by atoms with E-state index in [1.807, 2.05) is 6.92 Å². The van der Waals surface area contributed by atoms with Gasteiger partial charge in [0.1, 0.15) is 0 Å². The van der Waals surface area contributed by atoms with Crippen LogP contribution in [0.5, 0.6) is 0 Å². The van der Waals surface area contributed by atoms with Crippen LogP contribution in [0.15, 0.2) is 60.0 Å². The molecule has 0 atom stereocenters. The lowest BCUT2D eigenvalue weighted by Crippen LogP contribution is -2.26. The van der Waals surface area contributed by atoms with E-state index in [-0.39, 0.29) is 4.90 Å². The minimum atomic E-state index is -3.80. The summed E-state index contributed by atoms with van der Waals surface area (Å²) in [6.45, 7) is 5.58. The molecular weight excluding hydrogens is 282 g/mol. The summed E-state index contributed by atoms with van der Waals surface area (Å²) in [7, 11) is -3.80. The average molecular weight is 297 g/mol. The maximum absolute atomic E-state index is 12.7. The standard InChI is InChI=1S/C17H15NO2S/c1-4-15-8-6-7-9-17(15)18(5-2)21(19,20)16-12-10-14(3)11-13-16/h2,4,6-13H,1H2,3H3. The van der Waals surface area contributed by atoms with E-state index in [2.05, 4.69) is 12.6 Å². The van der Waals surface area contributed by atoms with E-state index in [1.54, 1.807) is 54.6 Å². The first kappa shape index (κ1) is 14.9. The third kappa shape index (κ3) is 2.83. The Balaban J connectivity index is 2.58. The molecule has 0 aliphatic carbocycles. The maximum atomic E-state index is 12.7. The topological polar surface area (TPSA) is 37.4 Å². The van der Waals surface area contributed by atoms with Gasteiger partial charge in [0.25, 0.3) is 10.0 Å². The molecule has 0 heterocycles. The summed E-state index contributed by atoms with van der Waals surface area (Å²) in [5, 5.41) is 0. The first-order valence-electron chi connectivity index (χ1n) is 6.30. The molecule has 2 rings (SSSR count). The summed E-state index contributed by atoms with van der Waals surface area (Å²) >= 11 is 0. The van der Waals surface area contributed by atoms with Crippen molar-refractivity contribution in [3.8, 4) is 12.5 Å². The van der Waals surface area contributed by atoms with Crippen molar-refractivity contribution in [3.05, 3.63) is 66.2 Å². The zero-order chi connectivity index (χ0) is 15.5. The highest BCUT2D eigenvalue weighted by molar-refractivity contribution is 7.93. The highest BCUT2D eigenvalue weighted by atomic mass is 32.2. The summed E-state index contributed by atoms with van der Waals surface area (Å²) < 4.78 is 26.3. The molecule has 4 heteroatoms.